The van der Waals surface area contributed by atoms with E-state index in [0.717, 1.165) is 0 Å². The molecular weight excluding hydrogens is 625 g/mol. The SMILES string of the molecule is COC(=O)C1=C(CN2CCN3C(=O)N([C@@H]4C[C@H](C(=O)O)N(C(C)C)C4)C[C@@H]3C2)NC(c2nccs2)=N[C@H]1c1ccc(F)cc1Cl. The summed E-state index contributed by atoms with van der Waals surface area (Å²) in [6.07, 6.45) is 2.06. The molecule has 15 heteroatoms. The van der Waals surface area contributed by atoms with Crippen LogP contribution in [-0.4, -0.2) is 124 Å². The summed E-state index contributed by atoms with van der Waals surface area (Å²) in [5.41, 5.74) is 1.28. The first kappa shape index (κ1) is 31.4. The molecule has 0 saturated carbocycles. The minimum atomic E-state index is -0.864. The van der Waals surface area contributed by atoms with Crippen LogP contribution in [0.3, 0.4) is 0 Å². The van der Waals surface area contributed by atoms with Crippen LogP contribution < -0.4 is 5.32 Å². The molecule has 0 unspecified atom stereocenters. The fraction of sp³-hybridized carbons (Fsp3) is 0.500. The molecule has 12 nitrogen and oxygen atoms in total. The summed E-state index contributed by atoms with van der Waals surface area (Å²) in [5, 5.41) is 15.7. The van der Waals surface area contributed by atoms with Crippen molar-refractivity contribution in [2.24, 2.45) is 4.99 Å². The highest BCUT2D eigenvalue weighted by atomic mass is 35.5. The third-order valence-electron chi connectivity index (χ3n) is 8.98. The zero-order valence-corrected chi connectivity index (χ0v) is 26.7. The number of urea groups is 1. The number of nitrogens with one attached hydrogen (secondary N) is 1. The number of aliphatic carboxylic acids is 1. The number of thiazole rings is 1. The van der Waals surface area contributed by atoms with E-state index in [-0.39, 0.29) is 34.8 Å². The number of aromatic nitrogens is 1. The maximum absolute atomic E-state index is 14.0. The average molecular weight is 660 g/mol. The van der Waals surface area contributed by atoms with Crippen molar-refractivity contribution in [1.82, 2.24) is 29.9 Å². The number of benzene rings is 1. The van der Waals surface area contributed by atoms with Crippen LogP contribution in [0.15, 0.2) is 46.0 Å². The molecule has 1 aromatic heterocycles. The Balaban J connectivity index is 1.25. The summed E-state index contributed by atoms with van der Waals surface area (Å²) in [6, 6.07) is 2.24. The number of carboxylic acids is 1. The maximum Gasteiger partial charge on any atom is 0.338 e. The van der Waals surface area contributed by atoms with E-state index in [2.05, 4.69) is 15.2 Å². The van der Waals surface area contributed by atoms with Crippen LogP contribution in [0.1, 0.15) is 36.9 Å². The van der Waals surface area contributed by atoms with Gasteiger partial charge in [-0.25, -0.2) is 19.0 Å². The minimum Gasteiger partial charge on any atom is -0.480 e. The van der Waals surface area contributed by atoms with Gasteiger partial charge in [-0.15, -0.1) is 11.3 Å². The van der Waals surface area contributed by atoms with E-state index < -0.39 is 29.8 Å². The number of halogens is 2. The van der Waals surface area contributed by atoms with Crippen LogP contribution in [0.4, 0.5) is 9.18 Å². The van der Waals surface area contributed by atoms with E-state index >= 15 is 0 Å². The Morgan fingerprint density at radius 3 is 2.64 bits per heavy atom. The number of methoxy groups -OCH3 is 1. The lowest BCUT2D eigenvalue weighted by Crippen LogP contribution is -2.53. The number of rotatable bonds is 8. The van der Waals surface area contributed by atoms with Gasteiger partial charge in [-0.05, 0) is 32.4 Å². The highest BCUT2D eigenvalue weighted by molar-refractivity contribution is 7.11. The molecule has 0 radical (unpaired) electrons. The molecule has 0 bridgehead atoms. The van der Waals surface area contributed by atoms with Gasteiger partial charge in [0.2, 0.25) is 0 Å². The van der Waals surface area contributed by atoms with Crippen LogP contribution in [-0.2, 0) is 14.3 Å². The van der Waals surface area contributed by atoms with E-state index in [9.17, 15) is 23.9 Å². The van der Waals surface area contributed by atoms with Gasteiger partial charge in [-0.3, -0.25) is 19.6 Å². The molecule has 0 spiro atoms. The lowest BCUT2D eigenvalue weighted by molar-refractivity contribution is -0.142. The van der Waals surface area contributed by atoms with Crippen molar-refractivity contribution in [2.75, 3.05) is 46.4 Å². The zero-order valence-electron chi connectivity index (χ0n) is 25.2. The first-order valence-electron chi connectivity index (χ1n) is 14.8. The number of fused-ring (bicyclic) bond motifs is 1. The molecule has 4 atom stereocenters. The lowest BCUT2D eigenvalue weighted by Gasteiger charge is -2.38. The normalized spacial score (nSPS) is 25.9. The second-order valence-electron chi connectivity index (χ2n) is 11.9. The molecule has 0 aliphatic carbocycles. The summed E-state index contributed by atoms with van der Waals surface area (Å²) in [7, 11) is 1.30. The first-order chi connectivity index (χ1) is 21.5. The van der Waals surface area contributed by atoms with Crippen molar-refractivity contribution in [3.63, 3.8) is 0 Å². The number of amidine groups is 1. The van der Waals surface area contributed by atoms with Crippen molar-refractivity contribution in [2.45, 2.75) is 50.5 Å². The van der Waals surface area contributed by atoms with Crippen molar-refractivity contribution in [3.05, 3.63) is 62.5 Å². The van der Waals surface area contributed by atoms with Gasteiger partial charge in [0.15, 0.2) is 10.8 Å². The Morgan fingerprint density at radius 2 is 2.00 bits per heavy atom. The highest BCUT2D eigenvalue weighted by Crippen LogP contribution is 2.37. The van der Waals surface area contributed by atoms with Gasteiger partial charge in [0.1, 0.15) is 17.9 Å². The van der Waals surface area contributed by atoms with Crippen LogP contribution in [0, 0.1) is 5.82 Å². The summed E-state index contributed by atoms with van der Waals surface area (Å²) in [4.78, 5) is 55.8. The van der Waals surface area contributed by atoms with Crippen molar-refractivity contribution in [3.8, 4) is 0 Å². The number of hydrogen-bond acceptors (Lipinski definition) is 10. The number of esters is 1. The summed E-state index contributed by atoms with van der Waals surface area (Å²) in [6.45, 7) is 6.89. The molecule has 2 amide bonds. The largest absolute Gasteiger partial charge is 0.480 e. The van der Waals surface area contributed by atoms with E-state index in [1.54, 1.807) is 6.20 Å². The van der Waals surface area contributed by atoms with E-state index in [4.69, 9.17) is 21.3 Å². The highest BCUT2D eigenvalue weighted by Gasteiger charge is 2.48. The standard InChI is InChI=1S/C30H35ClFN7O5S/c1-16(2)38-13-18(11-23(38)28(40)41)39-14-19-12-36(7-8-37(19)30(39)43)15-22-24(29(42)44-3)25(20-5-4-17(32)10-21(20)31)35-26(34-22)27-33-6-9-45-27/h4-6,9-10,16,18-19,23,25H,7-8,11-15H2,1-3H3,(H,34,35)(H,40,41)/t18-,19+,23-,25+/m1/s1. The van der Waals surface area contributed by atoms with Gasteiger partial charge in [0, 0.05) is 79.2 Å². The lowest BCUT2D eigenvalue weighted by atomic mass is 9.95. The van der Waals surface area contributed by atoms with Crippen LogP contribution in [0.5, 0.6) is 0 Å². The number of piperazine rings is 1. The molecule has 3 fully saturated rings. The molecule has 45 heavy (non-hydrogen) atoms. The molecule has 2 N–H and O–H groups in total. The topological polar surface area (TPSA) is 131 Å². The molecule has 3 saturated heterocycles. The maximum atomic E-state index is 14.0. The molecule has 5 heterocycles. The Morgan fingerprint density at radius 1 is 1.20 bits per heavy atom. The van der Waals surface area contributed by atoms with Crippen LogP contribution in [0.25, 0.3) is 0 Å². The second kappa shape index (κ2) is 12.7. The van der Waals surface area contributed by atoms with Gasteiger partial charge in [0.05, 0.1) is 18.7 Å². The number of aliphatic imine (C=N–C) groups is 1. The Labute approximate surface area is 269 Å². The molecule has 4 aliphatic rings. The smallest absolute Gasteiger partial charge is 0.338 e. The predicted molar refractivity (Wildman–Crippen MR) is 166 cm³/mol. The Hall–Kier alpha value is -3.59. The number of nitrogens with zero attached hydrogens (tertiary/aromatic N) is 6. The molecule has 240 valence electrons. The molecule has 6 rings (SSSR count). The predicted octanol–water partition coefficient (Wildman–Crippen LogP) is 2.81. The third kappa shape index (κ3) is 6.03. The molecular formula is C30H35ClFN7O5S. The number of carbonyl (C=O) groups excluding carboxylic acids is 2. The fourth-order valence-electron chi connectivity index (χ4n) is 6.82. The van der Waals surface area contributed by atoms with Gasteiger partial charge < -0.3 is 25.0 Å². The van der Waals surface area contributed by atoms with Crippen molar-refractivity contribution < 1.29 is 28.6 Å². The van der Waals surface area contributed by atoms with E-state index in [1.807, 2.05) is 33.9 Å². The Bertz CT molecular complexity index is 1550. The summed E-state index contributed by atoms with van der Waals surface area (Å²) < 4.78 is 19.2. The van der Waals surface area contributed by atoms with E-state index in [1.165, 1.54) is 36.6 Å². The van der Waals surface area contributed by atoms with Gasteiger partial charge in [0.25, 0.3) is 0 Å². The number of amides is 2. The molecule has 1 aromatic carbocycles. The van der Waals surface area contributed by atoms with Crippen molar-refractivity contribution in [1.29, 1.82) is 0 Å². The number of carboxylic acid groups (broad SMARTS) is 1. The van der Waals surface area contributed by atoms with Crippen molar-refractivity contribution >= 4 is 46.7 Å². The number of ether oxygens (including phenoxy) is 1. The van der Waals surface area contributed by atoms with Crippen LogP contribution >= 0.6 is 22.9 Å². The number of likely N-dealkylation sites (tertiary alicyclic amines) is 1. The molecule has 2 aromatic rings. The molecule has 4 aliphatic heterocycles. The first-order valence-corrected chi connectivity index (χ1v) is 16.1. The van der Waals surface area contributed by atoms with Gasteiger partial charge >= 0.3 is 18.0 Å². The second-order valence-corrected chi connectivity index (χ2v) is 13.2. The van der Waals surface area contributed by atoms with Gasteiger partial charge in [-0.2, -0.15) is 0 Å². The van der Waals surface area contributed by atoms with Gasteiger partial charge in [-0.1, -0.05) is 17.7 Å². The van der Waals surface area contributed by atoms with Crippen LogP contribution in [0.2, 0.25) is 5.02 Å². The summed E-state index contributed by atoms with van der Waals surface area (Å²) in [5.74, 6) is -1.49. The quantitative estimate of drug-likeness (QED) is 0.411. The number of hydrogen-bond donors (Lipinski definition) is 2. The third-order valence-corrected chi connectivity index (χ3v) is 10.1. The minimum absolute atomic E-state index is 0.0542. The summed E-state index contributed by atoms with van der Waals surface area (Å²) >= 11 is 7.86. The zero-order chi connectivity index (χ0) is 32.0. The average Bonchev–Trinajstić information content (AvgIpc) is 3.76. The fourth-order valence-corrected chi connectivity index (χ4v) is 7.67. The Kier molecular flexibility index (Phi) is 8.83. The monoisotopic (exact) mass is 659 g/mol. The number of carbonyl (C=O) groups is 3. The van der Waals surface area contributed by atoms with E-state index in [0.29, 0.717) is 67.8 Å².